The van der Waals surface area contributed by atoms with Crippen molar-refractivity contribution in [2.75, 3.05) is 0 Å². The molecule has 0 saturated carbocycles. The van der Waals surface area contributed by atoms with Crippen LogP contribution in [-0.4, -0.2) is 22.5 Å². The van der Waals surface area contributed by atoms with Gasteiger partial charge in [0.2, 0.25) is 6.36 Å². The average molecular weight is 148 g/mol. The highest BCUT2D eigenvalue weighted by atomic mass is 19.1. The van der Waals surface area contributed by atoms with Gasteiger partial charge in [-0.05, 0) is 6.08 Å². The molecular weight excluding hydrogens is 139 g/mol. The molecule has 3 nitrogen and oxygen atoms in total. The number of carboxylic acid groups (broad SMARTS) is 1. The molecule has 0 saturated heterocycles. The Labute approximate surface area is 58.1 Å². The van der Waals surface area contributed by atoms with Crippen LogP contribution in [0.5, 0.6) is 0 Å². The number of alkyl halides is 1. The third-order valence-corrected chi connectivity index (χ3v) is 0.369. The third kappa shape index (κ3) is 28.9. The van der Waals surface area contributed by atoms with Gasteiger partial charge in [-0.25, -0.2) is 9.18 Å². The van der Waals surface area contributed by atoms with Crippen LogP contribution < -0.4 is 0 Å². The van der Waals surface area contributed by atoms with Crippen molar-refractivity contribution in [3.63, 3.8) is 0 Å². The molecule has 0 aromatic heterocycles. The van der Waals surface area contributed by atoms with Crippen molar-refractivity contribution in [1.29, 1.82) is 0 Å². The molecule has 0 aromatic rings. The standard InChI is InChI=1S/C3H5FO.C3H4O2/c2*1-2-3(4)5/h2-3,5H,1H2;2H,1H2,(H,4,5). The Kier molecular flexibility index (Phi) is 9.11. The summed E-state index contributed by atoms with van der Waals surface area (Å²) >= 11 is 0. The van der Waals surface area contributed by atoms with E-state index < -0.39 is 12.3 Å². The zero-order valence-electron chi connectivity index (χ0n) is 5.33. The Hall–Kier alpha value is -1.16. The summed E-state index contributed by atoms with van der Waals surface area (Å²) in [6, 6.07) is 0. The van der Waals surface area contributed by atoms with Crippen LogP contribution in [0.2, 0.25) is 0 Å². The maximum atomic E-state index is 10.9. The number of carboxylic acids is 1. The predicted molar refractivity (Wildman–Crippen MR) is 35.1 cm³/mol. The summed E-state index contributed by atoms with van der Waals surface area (Å²) < 4.78 is 10.9. The van der Waals surface area contributed by atoms with Crippen LogP contribution in [0, 0.1) is 0 Å². The first-order valence-corrected chi connectivity index (χ1v) is 2.34. The van der Waals surface area contributed by atoms with Crippen LogP contribution in [0.25, 0.3) is 0 Å². The van der Waals surface area contributed by atoms with E-state index in [1.165, 1.54) is 0 Å². The second-order valence-corrected chi connectivity index (χ2v) is 1.15. The zero-order chi connectivity index (χ0) is 8.57. The van der Waals surface area contributed by atoms with Gasteiger partial charge in [-0.3, -0.25) is 0 Å². The summed E-state index contributed by atoms with van der Waals surface area (Å²) in [7, 11) is 0. The number of aliphatic carboxylic acids is 1. The summed E-state index contributed by atoms with van der Waals surface area (Å²) in [4.78, 5) is 9.25. The smallest absolute Gasteiger partial charge is 0.327 e. The van der Waals surface area contributed by atoms with E-state index >= 15 is 0 Å². The Morgan fingerprint density at radius 3 is 1.80 bits per heavy atom. The first-order valence-electron chi connectivity index (χ1n) is 2.34. The molecule has 0 rings (SSSR count). The van der Waals surface area contributed by atoms with Crippen molar-refractivity contribution in [3.05, 3.63) is 25.3 Å². The van der Waals surface area contributed by atoms with E-state index in [0.29, 0.717) is 0 Å². The maximum Gasteiger partial charge on any atom is 0.327 e. The van der Waals surface area contributed by atoms with Crippen molar-refractivity contribution >= 4 is 5.97 Å². The van der Waals surface area contributed by atoms with Gasteiger partial charge in [0, 0.05) is 6.08 Å². The van der Waals surface area contributed by atoms with Crippen LogP contribution in [0.3, 0.4) is 0 Å². The Morgan fingerprint density at radius 1 is 1.60 bits per heavy atom. The number of hydrogen-bond acceptors (Lipinski definition) is 2. The third-order valence-electron chi connectivity index (χ3n) is 0.369. The Balaban J connectivity index is 0. The number of aliphatic hydroxyl groups is 1. The van der Waals surface area contributed by atoms with Crippen LogP contribution in [-0.2, 0) is 4.79 Å². The molecule has 0 aliphatic heterocycles. The number of hydrogen-bond donors (Lipinski definition) is 2. The van der Waals surface area contributed by atoms with E-state index in [1.54, 1.807) is 0 Å². The predicted octanol–water partition coefficient (Wildman–Crippen LogP) is 0.717. The van der Waals surface area contributed by atoms with Gasteiger partial charge in [-0.15, -0.1) is 0 Å². The van der Waals surface area contributed by atoms with Crippen molar-refractivity contribution < 1.29 is 19.4 Å². The Bertz CT molecular complexity index is 120. The van der Waals surface area contributed by atoms with E-state index in [2.05, 4.69) is 13.2 Å². The van der Waals surface area contributed by atoms with E-state index in [0.717, 1.165) is 12.2 Å². The van der Waals surface area contributed by atoms with Crippen LogP contribution in [0.15, 0.2) is 25.3 Å². The first kappa shape index (κ1) is 11.6. The van der Waals surface area contributed by atoms with Crippen molar-refractivity contribution in [2.45, 2.75) is 6.36 Å². The molecule has 2 N–H and O–H groups in total. The molecule has 0 heterocycles. The van der Waals surface area contributed by atoms with Gasteiger partial charge in [0.05, 0.1) is 0 Å². The molecule has 0 aliphatic rings. The van der Waals surface area contributed by atoms with Crippen LogP contribution >= 0.6 is 0 Å². The molecule has 1 atom stereocenters. The summed E-state index contributed by atoms with van der Waals surface area (Å²) in [6.07, 6.45) is -0.213. The summed E-state index contributed by atoms with van der Waals surface area (Å²) in [6.45, 7) is 5.90. The van der Waals surface area contributed by atoms with E-state index in [-0.39, 0.29) is 0 Å². The second kappa shape index (κ2) is 7.84. The minimum atomic E-state index is -1.85. The fraction of sp³-hybridized carbons (Fsp3) is 0.167. The molecule has 4 heteroatoms. The van der Waals surface area contributed by atoms with Gasteiger partial charge >= 0.3 is 5.97 Å². The number of carbonyl (C=O) groups is 1. The molecule has 0 bridgehead atoms. The molecule has 1 unspecified atom stereocenters. The van der Waals surface area contributed by atoms with Crippen LogP contribution in [0.4, 0.5) is 4.39 Å². The molecule has 0 amide bonds. The number of rotatable bonds is 2. The highest BCUT2D eigenvalue weighted by molar-refractivity contribution is 5.78. The molecule has 0 fully saturated rings. The quantitative estimate of drug-likeness (QED) is 0.448. The fourth-order valence-electron chi connectivity index (χ4n) is 0. The average Bonchev–Trinajstić information content (AvgIpc) is 1.89. The number of halogens is 1. The molecular formula is C6H9FO3. The summed E-state index contributed by atoms with van der Waals surface area (Å²) in [5.74, 6) is -0.981. The van der Waals surface area contributed by atoms with E-state index in [9.17, 15) is 9.18 Å². The van der Waals surface area contributed by atoms with Crippen molar-refractivity contribution in [1.82, 2.24) is 0 Å². The lowest BCUT2D eigenvalue weighted by atomic mass is 10.7. The highest BCUT2D eigenvalue weighted by Crippen LogP contribution is 1.78. The molecule has 0 spiro atoms. The first-order chi connectivity index (χ1) is 4.54. The minimum absolute atomic E-state index is 0.806. The van der Waals surface area contributed by atoms with Crippen LogP contribution in [0.1, 0.15) is 0 Å². The SMILES string of the molecule is C=CC(=O)O.C=CC(O)F. The maximum absolute atomic E-state index is 10.9. The highest BCUT2D eigenvalue weighted by Gasteiger charge is 1.81. The van der Waals surface area contributed by atoms with Crippen molar-refractivity contribution in [3.8, 4) is 0 Å². The van der Waals surface area contributed by atoms with Gasteiger partial charge in [0.25, 0.3) is 0 Å². The van der Waals surface area contributed by atoms with Gasteiger partial charge in [-0.1, -0.05) is 13.2 Å². The Morgan fingerprint density at radius 2 is 1.80 bits per heavy atom. The molecule has 0 aliphatic carbocycles. The minimum Gasteiger partial charge on any atom is -0.478 e. The lowest BCUT2D eigenvalue weighted by Crippen LogP contribution is -1.85. The van der Waals surface area contributed by atoms with Gasteiger partial charge in [0.15, 0.2) is 0 Å². The topological polar surface area (TPSA) is 57.5 Å². The molecule has 10 heavy (non-hydrogen) atoms. The zero-order valence-corrected chi connectivity index (χ0v) is 5.33. The van der Waals surface area contributed by atoms with E-state index in [1.807, 2.05) is 0 Å². The second-order valence-electron chi connectivity index (χ2n) is 1.15. The lowest BCUT2D eigenvalue weighted by Gasteiger charge is -1.79. The summed E-state index contributed by atoms with van der Waals surface area (Å²) in [5.41, 5.74) is 0. The summed E-state index contributed by atoms with van der Waals surface area (Å²) in [5, 5.41) is 15.2. The van der Waals surface area contributed by atoms with E-state index in [4.69, 9.17) is 10.2 Å². The van der Waals surface area contributed by atoms with Gasteiger partial charge < -0.3 is 10.2 Å². The van der Waals surface area contributed by atoms with Gasteiger partial charge in [0.1, 0.15) is 0 Å². The normalized spacial score (nSPS) is 10.2. The lowest BCUT2D eigenvalue weighted by molar-refractivity contribution is -0.131. The largest absolute Gasteiger partial charge is 0.478 e. The molecule has 0 aromatic carbocycles. The fourth-order valence-corrected chi connectivity index (χ4v) is 0. The number of aliphatic hydroxyl groups excluding tert-OH is 1. The van der Waals surface area contributed by atoms with Crippen molar-refractivity contribution in [2.24, 2.45) is 0 Å². The molecule has 58 valence electrons. The monoisotopic (exact) mass is 148 g/mol. The van der Waals surface area contributed by atoms with Gasteiger partial charge in [-0.2, -0.15) is 0 Å². The molecule has 0 radical (unpaired) electrons.